The lowest BCUT2D eigenvalue weighted by atomic mass is 10.2. The summed E-state index contributed by atoms with van der Waals surface area (Å²) in [6.45, 7) is 2.54. The van der Waals surface area contributed by atoms with Gasteiger partial charge >= 0.3 is 5.97 Å². The molecule has 0 radical (unpaired) electrons. The van der Waals surface area contributed by atoms with Gasteiger partial charge in [0, 0.05) is 32.3 Å². The maximum atomic E-state index is 13.5. The van der Waals surface area contributed by atoms with Gasteiger partial charge in [0.1, 0.15) is 5.82 Å². The molecule has 132 valence electrons. The van der Waals surface area contributed by atoms with E-state index in [0.29, 0.717) is 23.4 Å². The number of hydrogen-bond donors (Lipinski definition) is 2. The van der Waals surface area contributed by atoms with Gasteiger partial charge in [-0.15, -0.1) is 0 Å². The number of carboxylic acids is 1. The lowest BCUT2D eigenvalue weighted by molar-refractivity contribution is 0.0698. The quantitative estimate of drug-likeness (QED) is 0.753. The lowest BCUT2D eigenvalue weighted by Crippen LogP contribution is -2.04. The van der Waals surface area contributed by atoms with Gasteiger partial charge in [-0.2, -0.15) is 5.10 Å². The Hall–Kier alpha value is -3.00. The smallest absolute Gasteiger partial charge is 0.337 e. The third-order valence-corrected chi connectivity index (χ3v) is 3.32. The van der Waals surface area contributed by atoms with Crippen molar-refractivity contribution in [2.75, 3.05) is 19.5 Å². The first-order chi connectivity index (χ1) is 12.0. The number of nitrogens with zero attached hydrogens (tertiary/aromatic N) is 3. The number of methoxy groups -OCH3 is 1. The molecule has 2 aromatic heterocycles. The van der Waals surface area contributed by atoms with Crippen LogP contribution in [0.3, 0.4) is 0 Å². The first-order valence-electron chi connectivity index (χ1n) is 7.52. The summed E-state index contributed by atoms with van der Waals surface area (Å²) in [5.41, 5.74) is 1.15. The number of aromatic nitrogens is 3. The van der Waals surface area contributed by atoms with Crippen molar-refractivity contribution in [3.8, 4) is 0 Å². The largest absolute Gasteiger partial charge is 0.478 e. The number of carboxylic acid groups (broad SMARTS) is 1. The predicted octanol–water partition coefficient (Wildman–Crippen LogP) is 3.29. The van der Waals surface area contributed by atoms with E-state index in [2.05, 4.69) is 20.1 Å². The van der Waals surface area contributed by atoms with Crippen LogP contribution in [0.15, 0.2) is 36.7 Å². The van der Waals surface area contributed by atoms with Gasteiger partial charge in [0.05, 0.1) is 23.0 Å². The monoisotopic (exact) mass is 346 g/mol. The van der Waals surface area contributed by atoms with E-state index in [9.17, 15) is 14.3 Å². The third-order valence-electron chi connectivity index (χ3n) is 3.32. The summed E-state index contributed by atoms with van der Waals surface area (Å²) >= 11 is 0. The Morgan fingerprint density at radius 1 is 1.36 bits per heavy atom. The number of rotatable bonds is 4. The van der Waals surface area contributed by atoms with E-state index in [1.165, 1.54) is 30.6 Å². The van der Waals surface area contributed by atoms with Crippen LogP contribution in [0.25, 0.3) is 10.9 Å². The maximum Gasteiger partial charge on any atom is 0.337 e. The molecule has 0 saturated carbocycles. The van der Waals surface area contributed by atoms with Gasteiger partial charge in [-0.05, 0) is 31.2 Å². The molecule has 0 spiro atoms. The zero-order valence-electron chi connectivity index (χ0n) is 14.2. The molecule has 1 aromatic carbocycles. The molecule has 0 bridgehead atoms. The summed E-state index contributed by atoms with van der Waals surface area (Å²) in [7, 11) is 3.25. The maximum absolute atomic E-state index is 13.5. The highest BCUT2D eigenvalue weighted by atomic mass is 19.1. The normalized spacial score (nSPS) is 10.2. The van der Waals surface area contributed by atoms with E-state index in [0.717, 1.165) is 5.52 Å². The predicted molar refractivity (Wildman–Crippen MR) is 92.8 cm³/mol. The Balaban J connectivity index is 0.000000701. The second kappa shape index (κ2) is 8.20. The summed E-state index contributed by atoms with van der Waals surface area (Å²) < 4.78 is 19.5. The molecule has 3 rings (SSSR count). The van der Waals surface area contributed by atoms with E-state index >= 15 is 0 Å². The van der Waals surface area contributed by atoms with E-state index in [1.807, 2.05) is 6.92 Å². The number of anilines is 2. The number of fused-ring (bicyclic) bond motifs is 1. The fourth-order valence-electron chi connectivity index (χ4n) is 2.29. The van der Waals surface area contributed by atoms with Crippen LogP contribution >= 0.6 is 0 Å². The van der Waals surface area contributed by atoms with Crippen LogP contribution < -0.4 is 5.32 Å². The number of aromatic carboxylic acids is 1. The fourth-order valence-corrected chi connectivity index (χ4v) is 2.29. The van der Waals surface area contributed by atoms with Gasteiger partial charge in [-0.25, -0.2) is 9.18 Å². The molecular formula is C17H19FN4O3. The van der Waals surface area contributed by atoms with Gasteiger partial charge in [-0.3, -0.25) is 9.67 Å². The van der Waals surface area contributed by atoms with Crippen molar-refractivity contribution in [1.29, 1.82) is 0 Å². The Labute approximate surface area is 144 Å². The third kappa shape index (κ3) is 4.10. The van der Waals surface area contributed by atoms with Crippen LogP contribution in [0, 0.1) is 5.82 Å². The number of benzene rings is 1. The molecule has 2 heterocycles. The molecular weight excluding hydrogens is 327 g/mol. The molecule has 0 amide bonds. The molecule has 8 heteroatoms. The number of nitrogens with one attached hydrogen (secondary N) is 1. The number of aryl methyl sites for hydroxylation is 1. The van der Waals surface area contributed by atoms with Crippen molar-refractivity contribution in [1.82, 2.24) is 14.8 Å². The van der Waals surface area contributed by atoms with E-state index < -0.39 is 5.97 Å². The van der Waals surface area contributed by atoms with Gasteiger partial charge in [0.15, 0.2) is 5.82 Å². The highest BCUT2D eigenvalue weighted by molar-refractivity contribution is 5.97. The van der Waals surface area contributed by atoms with E-state index in [-0.39, 0.29) is 11.4 Å². The molecule has 0 atom stereocenters. The molecule has 2 N–H and O–H groups in total. The average Bonchev–Trinajstić information content (AvgIpc) is 2.93. The molecule has 7 nitrogen and oxygen atoms in total. The van der Waals surface area contributed by atoms with Crippen LogP contribution in [-0.2, 0) is 11.3 Å². The van der Waals surface area contributed by atoms with Crippen molar-refractivity contribution in [3.63, 3.8) is 0 Å². The van der Waals surface area contributed by atoms with Gasteiger partial charge in [0.2, 0.25) is 0 Å². The SMILES string of the molecule is CCn1nc(Nc2cnccc2C(=O)O)c2cc(F)ccc21.COC. The zero-order valence-corrected chi connectivity index (χ0v) is 14.2. The average molecular weight is 346 g/mol. The number of hydrogen-bond acceptors (Lipinski definition) is 5. The van der Waals surface area contributed by atoms with Crippen molar-refractivity contribution in [3.05, 3.63) is 48.0 Å². The van der Waals surface area contributed by atoms with Crippen LogP contribution in [0.4, 0.5) is 15.9 Å². The van der Waals surface area contributed by atoms with Crippen molar-refractivity contribution in [2.45, 2.75) is 13.5 Å². The second-order valence-corrected chi connectivity index (χ2v) is 5.09. The van der Waals surface area contributed by atoms with Crippen LogP contribution in [0.1, 0.15) is 17.3 Å². The summed E-state index contributed by atoms with van der Waals surface area (Å²) in [6, 6.07) is 5.78. The number of halogens is 1. The molecule has 0 saturated heterocycles. The molecule has 0 aliphatic heterocycles. The van der Waals surface area contributed by atoms with Crippen molar-refractivity contribution in [2.24, 2.45) is 0 Å². The summed E-state index contributed by atoms with van der Waals surface area (Å²) in [4.78, 5) is 15.2. The van der Waals surface area contributed by atoms with Crippen LogP contribution in [-0.4, -0.2) is 40.1 Å². The topological polar surface area (TPSA) is 89.3 Å². The standard InChI is InChI=1S/C15H13FN4O2.C2H6O/c1-2-20-13-4-3-9(16)7-11(13)14(19-20)18-12-8-17-6-5-10(12)15(21)22;1-3-2/h3-8H,2H2,1H3,(H,18,19)(H,21,22);1-2H3. The summed E-state index contributed by atoms with van der Waals surface area (Å²) in [6.07, 6.45) is 2.80. The summed E-state index contributed by atoms with van der Waals surface area (Å²) in [5.74, 6) is -1.06. The number of ether oxygens (including phenoxy) is 1. The molecule has 3 aromatic rings. The summed E-state index contributed by atoms with van der Waals surface area (Å²) in [5, 5.41) is 17.1. The van der Waals surface area contributed by atoms with Gasteiger partial charge in [0.25, 0.3) is 0 Å². The van der Waals surface area contributed by atoms with E-state index in [1.54, 1.807) is 25.0 Å². The van der Waals surface area contributed by atoms with Crippen LogP contribution in [0.2, 0.25) is 0 Å². The molecule has 25 heavy (non-hydrogen) atoms. The first-order valence-corrected chi connectivity index (χ1v) is 7.52. The molecule has 0 fully saturated rings. The van der Waals surface area contributed by atoms with Gasteiger partial charge < -0.3 is 15.2 Å². The number of pyridine rings is 1. The minimum Gasteiger partial charge on any atom is -0.478 e. The molecule has 0 aliphatic rings. The zero-order chi connectivity index (χ0) is 18.4. The van der Waals surface area contributed by atoms with Gasteiger partial charge in [-0.1, -0.05) is 0 Å². The minimum atomic E-state index is -1.07. The Kier molecular flexibility index (Phi) is 6.02. The Morgan fingerprint density at radius 2 is 2.08 bits per heavy atom. The minimum absolute atomic E-state index is 0.0746. The van der Waals surface area contributed by atoms with Crippen molar-refractivity contribution < 1.29 is 19.0 Å². The lowest BCUT2D eigenvalue weighted by Gasteiger charge is -2.06. The molecule has 0 aliphatic carbocycles. The molecule has 0 unspecified atom stereocenters. The van der Waals surface area contributed by atoms with E-state index in [4.69, 9.17) is 0 Å². The fraction of sp³-hybridized carbons (Fsp3) is 0.235. The van der Waals surface area contributed by atoms with Crippen LogP contribution in [0.5, 0.6) is 0 Å². The highest BCUT2D eigenvalue weighted by Gasteiger charge is 2.15. The second-order valence-electron chi connectivity index (χ2n) is 5.09. The number of carbonyl (C=O) groups is 1. The first kappa shape index (κ1) is 18.3. The Morgan fingerprint density at radius 3 is 2.72 bits per heavy atom. The Bertz CT molecular complexity index is 879. The van der Waals surface area contributed by atoms with Crippen molar-refractivity contribution >= 4 is 28.4 Å². The highest BCUT2D eigenvalue weighted by Crippen LogP contribution is 2.27.